The highest BCUT2D eigenvalue weighted by Crippen LogP contribution is 2.31. The summed E-state index contributed by atoms with van der Waals surface area (Å²) in [5.41, 5.74) is 0. The lowest BCUT2D eigenvalue weighted by atomic mass is 10.0. The van der Waals surface area contributed by atoms with Gasteiger partial charge in [-0.25, -0.2) is 4.39 Å². The Bertz CT molecular complexity index is 504. The monoisotopic (exact) mass is 305 g/mol. The third kappa shape index (κ3) is 3.86. The number of carbonyl (C=O) groups is 1. The zero-order chi connectivity index (χ0) is 15.5. The van der Waals surface area contributed by atoms with E-state index in [0.717, 1.165) is 11.0 Å². The lowest BCUT2D eigenvalue weighted by molar-refractivity contribution is -0.196. The summed E-state index contributed by atoms with van der Waals surface area (Å²) in [6.45, 7) is -0.558. The number of piperidine rings is 1. The van der Waals surface area contributed by atoms with Gasteiger partial charge in [-0.3, -0.25) is 4.79 Å². The number of hydrogen-bond donors (Lipinski definition) is 0. The molecule has 3 nitrogen and oxygen atoms in total. The van der Waals surface area contributed by atoms with Gasteiger partial charge in [0.05, 0.1) is 0 Å². The number of likely N-dealkylation sites (tertiary alicyclic amines) is 1. The molecule has 1 aliphatic heterocycles. The number of para-hydroxylation sites is 1. The van der Waals surface area contributed by atoms with Gasteiger partial charge in [-0.15, -0.1) is 0 Å². The molecule has 1 aromatic rings. The fraction of sp³-hybridized carbons (Fsp3) is 0.500. The number of hydrogen-bond acceptors (Lipinski definition) is 2. The SMILES string of the molecule is O=C(COc1ccccc1F)N1CCCCC1C(F)(F)F. The van der Waals surface area contributed by atoms with Crippen molar-refractivity contribution in [3.05, 3.63) is 30.1 Å². The number of rotatable bonds is 3. The molecule has 116 valence electrons. The van der Waals surface area contributed by atoms with Crippen molar-refractivity contribution in [1.82, 2.24) is 4.90 Å². The van der Waals surface area contributed by atoms with E-state index in [1.807, 2.05) is 0 Å². The smallest absolute Gasteiger partial charge is 0.408 e. The van der Waals surface area contributed by atoms with Crippen LogP contribution in [0.5, 0.6) is 5.75 Å². The molecule has 0 radical (unpaired) electrons. The molecule has 0 spiro atoms. The highest BCUT2D eigenvalue weighted by molar-refractivity contribution is 5.78. The third-order valence-corrected chi connectivity index (χ3v) is 3.39. The summed E-state index contributed by atoms with van der Waals surface area (Å²) >= 11 is 0. The number of ether oxygens (including phenoxy) is 1. The number of carbonyl (C=O) groups excluding carboxylic acids is 1. The second-order valence-corrected chi connectivity index (χ2v) is 4.86. The summed E-state index contributed by atoms with van der Waals surface area (Å²) in [5, 5.41) is 0. The summed E-state index contributed by atoms with van der Waals surface area (Å²) in [6, 6.07) is 3.67. The first-order valence-corrected chi connectivity index (χ1v) is 6.63. The minimum atomic E-state index is -4.45. The van der Waals surface area contributed by atoms with Gasteiger partial charge in [0, 0.05) is 6.54 Å². The molecule has 1 fully saturated rings. The Hall–Kier alpha value is -1.79. The molecule has 7 heteroatoms. The van der Waals surface area contributed by atoms with Crippen LogP contribution in [0.15, 0.2) is 24.3 Å². The summed E-state index contributed by atoms with van der Waals surface area (Å²) in [6.07, 6.45) is -3.59. The van der Waals surface area contributed by atoms with Crippen molar-refractivity contribution in [2.45, 2.75) is 31.5 Å². The van der Waals surface area contributed by atoms with Crippen molar-refractivity contribution < 1.29 is 27.1 Å². The fourth-order valence-corrected chi connectivity index (χ4v) is 2.35. The Morgan fingerprint density at radius 1 is 1.29 bits per heavy atom. The van der Waals surface area contributed by atoms with Crippen LogP contribution in [-0.2, 0) is 4.79 Å². The predicted octanol–water partition coefficient (Wildman–Crippen LogP) is 3.15. The molecule has 1 aliphatic rings. The van der Waals surface area contributed by atoms with Gasteiger partial charge in [0.1, 0.15) is 6.04 Å². The molecule has 0 aromatic heterocycles. The van der Waals surface area contributed by atoms with E-state index in [2.05, 4.69) is 0 Å². The average molecular weight is 305 g/mol. The highest BCUT2D eigenvalue weighted by Gasteiger charge is 2.46. The van der Waals surface area contributed by atoms with Gasteiger partial charge in [0.2, 0.25) is 0 Å². The molecule has 0 bridgehead atoms. The van der Waals surface area contributed by atoms with Crippen LogP contribution < -0.4 is 4.74 Å². The van der Waals surface area contributed by atoms with Crippen LogP contribution in [-0.4, -0.2) is 36.2 Å². The van der Waals surface area contributed by atoms with Gasteiger partial charge in [0.25, 0.3) is 5.91 Å². The molecule has 0 N–H and O–H groups in total. The first-order valence-electron chi connectivity index (χ1n) is 6.63. The van der Waals surface area contributed by atoms with E-state index in [0.29, 0.717) is 12.8 Å². The van der Waals surface area contributed by atoms with E-state index in [1.54, 1.807) is 0 Å². The lowest BCUT2D eigenvalue weighted by Crippen LogP contribution is -2.52. The number of alkyl halides is 3. The minimum Gasteiger partial charge on any atom is -0.481 e. The van der Waals surface area contributed by atoms with E-state index in [4.69, 9.17) is 4.74 Å². The third-order valence-electron chi connectivity index (χ3n) is 3.39. The molecular formula is C14H15F4NO2. The van der Waals surface area contributed by atoms with Gasteiger partial charge in [-0.05, 0) is 31.4 Å². The quantitative estimate of drug-likeness (QED) is 0.803. The lowest BCUT2D eigenvalue weighted by Gasteiger charge is -2.36. The van der Waals surface area contributed by atoms with Crippen LogP contribution in [0.3, 0.4) is 0 Å². The molecule has 2 rings (SSSR count). The zero-order valence-corrected chi connectivity index (χ0v) is 11.2. The first-order chi connectivity index (χ1) is 9.89. The van der Waals surface area contributed by atoms with Crippen LogP contribution in [0.1, 0.15) is 19.3 Å². The van der Waals surface area contributed by atoms with Gasteiger partial charge in [0.15, 0.2) is 18.2 Å². The second kappa shape index (κ2) is 6.32. The largest absolute Gasteiger partial charge is 0.481 e. The van der Waals surface area contributed by atoms with Crippen molar-refractivity contribution in [2.75, 3.05) is 13.2 Å². The van der Waals surface area contributed by atoms with Gasteiger partial charge >= 0.3 is 6.18 Å². The second-order valence-electron chi connectivity index (χ2n) is 4.86. The summed E-state index contributed by atoms with van der Waals surface area (Å²) in [4.78, 5) is 12.7. The topological polar surface area (TPSA) is 29.5 Å². The Balaban J connectivity index is 2.00. The Morgan fingerprint density at radius 3 is 2.67 bits per heavy atom. The fourth-order valence-electron chi connectivity index (χ4n) is 2.35. The Morgan fingerprint density at radius 2 is 2.00 bits per heavy atom. The Labute approximate surface area is 119 Å². The molecular weight excluding hydrogens is 290 g/mol. The van der Waals surface area contributed by atoms with Gasteiger partial charge in [-0.2, -0.15) is 13.2 Å². The van der Waals surface area contributed by atoms with Gasteiger partial charge in [-0.1, -0.05) is 12.1 Å². The Kier molecular flexibility index (Phi) is 4.69. The molecule has 0 aliphatic carbocycles. The summed E-state index contributed by atoms with van der Waals surface area (Å²) in [5.74, 6) is -1.58. The zero-order valence-electron chi connectivity index (χ0n) is 11.2. The van der Waals surface area contributed by atoms with Crippen LogP contribution in [0.25, 0.3) is 0 Å². The minimum absolute atomic E-state index is 0.0453. The number of nitrogens with zero attached hydrogens (tertiary/aromatic N) is 1. The molecule has 1 atom stereocenters. The van der Waals surface area contributed by atoms with E-state index in [-0.39, 0.29) is 18.7 Å². The first kappa shape index (κ1) is 15.6. The van der Waals surface area contributed by atoms with Crippen molar-refractivity contribution in [3.8, 4) is 5.75 Å². The van der Waals surface area contributed by atoms with Crippen LogP contribution in [0, 0.1) is 5.82 Å². The van der Waals surface area contributed by atoms with E-state index < -0.39 is 30.5 Å². The summed E-state index contributed by atoms with van der Waals surface area (Å²) < 4.78 is 57.0. The average Bonchev–Trinajstić information content (AvgIpc) is 2.45. The predicted molar refractivity (Wildman–Crippen MR) is 67.3 cm³/mol. The molecule has 1 heterocycles. The molecule has 1 saturated heterocycles. The van der Waals surface area contributed by atoms with Crippen molar-refractivity contribution in [1.29, 1.82) is 0 Å². The van der Waals surface area contributed by atoms with E-state index >= 15 is 0 Å². The maximum absolute atomic E-state index is 13.3. The maximum Gasteiger partial charge on any atom is 0.408 e. The molecule has 0 saturated carbocycles. The highest BCUT2D eigenvalue weighted by atomic mass is 19.4. The maximum atomic E-state index is 13.3. The number of benzene rings is 1. The standard InChI is InChI=1S/C14H15F4NO2/c15-10-5-1-2-6-11(10)21-9-13(20)19-8-4-3-7-12(19)14(16,17)18/h1-2,5-6,12H,3-4,7-9H2. The molecule has 1 aromatic carbocycles. The van der Waals surface area contributed by atoms with Crippen molar-refractivity contribution >= 4 is 5.91 Å². The molecule has 21 heavy (non-hydrogen) atoms. The molecule has 1 amide bonds. The summed E-state index contributed by atoms with van der Waals surface area (Å²) in [7, 11) is 0. The van der Waals surface area contributed by atoms with Crippen molar-refractivity contribution in [3.63, 3.8) is 0 Å². The van der Waals surface area contributed by atoms with Crippen molar-refractivity contribution in [2.24, 2.45) is 0 Å². The van der Waals surface area contributed by atoms with E-state index in [1.165, 1.54) is 18.2 Å². The number of amides is 1. The number of halogens is 4. The van der Waals surface area contributed by atoms with Crippen LogP contribution >= 0.6 is 0 Å². The van der Waals surface area contributed by atoms with Gasteiger partial charge < -0.3 is 9.64 Å². The van der Waals surface area contributed by atoms with Crippen LogP contribution in [0.4, 0.5) is 17.6 Å². The normalized spacial score (nSPS) is 19.4. The van der Waals surface area contributed by atoms with Crippen LogP contribution in [0.2, 0.25) is 0 Å². The van der Waals surface area contributed by atoms with E-state index in [9.17, 15) is 22.4 Å². The molecule has 1 unspecified atom stereocenters.